The van der Waals surface area contributed by atoms with E-state index in [1.165, 1.54) is 0 Å². The van der Waals surface area contributed by atoms with Crippen LogP contribution in [0, 0.1) is 0 Å². The second kappa shape index (κ2) is 5.69. The molecule has 4 nitrogen and oxygen atoms in total. The van der Waals surface area contributed by atoms with Gasteiger partial charge in [-0.1, -0.05) is 18.2 Å². The van der Waals surface area contributed by atoms with Crippen molar-refractivity contribution < 1.29 is 9.84 Å². The molecule has 2 aromatic rings. The van der Waals surface area contributed by atoms with Gasteiger partial charge in [-0.3, -0.25) is 0 Å². The first-order valence-electron chi connectivity index (χ1n) is 6.08. The fourth-order valence-corrected chi connectivity index (χ4v) is 1.92. The largest absolute Gasteiger partial charge is 0.493 e. The molecule has 0 saturated carbocycles. The number of rotatable bonds is 5. The molecule has 96 valence electrons. The third-order valence-corrected chi connectivity index (χ3v) is 2.87. The van der Waals surface area contributed by atoms with E-state index in [0.717, 1.165) is 17.1 Å². The third kappa shape index (κ3) is 2.71. The van der Waals surface area contributed by atoms with Crippen molar-refractivity contribution in [3.8, 4) is 5.75 Å². The molecule has 0 spiro atoms. The summed E-state index contributed by atoms with van der Waals surface area (Å²) < 4.78 is 7.43. The molecule has 0 amide bonds. The predicted octanol–water partition coefficient (Wildman–Crippen LogP) is 2.09. The number of para-hydroxylation sites is 1. The second-order valence-electron chi connectivity index (χ2n) is 4.15. The van der Waals surface area contributed by atoms with E-state index in [1.54, 1.807) is 6.20 Å². The highest BCUT2D eigenvalue weighted by molar-refractivity contribution is 5.35. The number of benzene rings is 1. The Balaban J connectivity index is 2.18. The SMILES string of the molecule is CCOc1ccccc1C(O)Cc1nccn1C. The van der Waals surface area contributed by atoms with Crippen LogP contribution in [-0.4, -0.2) is 21.3 Å². The highest BCUT2D eigenvalue weighted by Crippen LogP contribution is 2.27. The molecular formula is C14H18N2O2. The van der Waals surface area contributed by atoms with Crippen molar-refractivity contribution in [2.24, 2.45) is 7.05 Å². The van der Waals surface area contributed by atoms with Gasteiger partial charge in [0.15, 0.2) is 0 Å². The van der Waals surface area contributed by atoms with Gasteiger partial charge < -0.3 is 14.4 Å². The van der Waals surface area contributed by atoms with Crippen LogP contribution in [0.2, 0.25) is 0 Å². The Morgan fingerprint density at radius 3 is 2.83 bits per heavy atom. The average Bonchev–Trinajstić information content (AvgIpc) is 2.76. The van der Waals surface area contributed by atoms with Crippen molar-refractivity contribution in [3.05, 3.63) is 48.0 Å². The Morgan fingerprint density at radius 1 is 1.39 bits per heavy atom. The van der Waals surface area contributed by atoms with E-state index in [0.29, 0.717) is 13.0 Å². The van der Waals surface area contributed by atoms with Crippen molar-refractivity contribution in [1.82, 2.24) is 9.55 Å². The Labute approximate surface area is 107 Å². The quantitative estimate of drug-likeness (QED) is 0.878. The molecule has 1 aromatic heterocycles. The van der Waals surface area contributed by atoms with Gasteiger partial charge in [0, 0.05) is 31.4 Å². The number of aliphatic hydroxyl groups is 1. The van der Waals surface area contributed by atoms with Gasteiger partial charge in [-0.15, -0.1) is 0 Å². The maximum Gasteiger partial charge on any atom is 0.125 e. The number of hydrogen-bond donors (Lipinski definition) is 1. The van der Waals surface area contributed by atoms with Crippen LogP contribution in [0.15, 0.2) is 36.7 Å². The lowest BCUT2D eigenvalue weighted by atomic mass is 10.1. The lowest BCUT2D eigenvalue weighted by Gasteiger charge is -2.15. The van der Waals surface area contributed by atoms with Crippen LogP contribution in [0.25, 0.3) is 0 Å². The Kier molecular flexibility index (Phi) is 3.99. The van der Waals surface area contributed by atoms with E-state index in [1.807, 2.05) is 49.0 Å². The molecule has 1 N–H and O–H groups in total. The molecule has 4 heteroatoms. The van der Waals surface area contributed by atoms with Crippen molar-refractivity contribution >= 4 is 0 Å². The minimum atomic E-state index is -0.603. The summed E-state index contributed by atoms with van der Waals surface area (Å²) in [5, 5.41) is 10.3. The Morgan fingerprint density at radius 2 is 2.17 bits per heavy atom. The third-order valence-electron chi connectivity index (χ3n) is 2.87. The van der Waals surface area contributed by atoms with Crippen molar-refractivity contribution in [2.75, 3.05) is 6.61 Å². The molecule has 0 aliphatic carbocycles. The van der Waals surface area contributed by atoms with E-state index in [9.17, 15) is 5.11 Å². The van der Waals surface area contributed by atoms with E-state index in [-0.39, 0.29) is 0 Å². The monoisotopic (exact) mass is 246 g/mol. The van der Waals surface area contributed by atoms with E-state index in [4.69, 9.17) is 4.74 Å². The molecule has 1 atom stereocenters. The standard InChI is InChI=1S/C14H18N2O2/c1-3-18-13-7-5-4-6-11(13)12(17)10-14-15-8-9-16(14)2/h4-9,12,17H,3,10H2,1-2H3. The van der Waals surface area contributed by atoms with Crippen molar-refractivity contribution in [3.63, 3.8) is 0 Å². The number of aryl methyl sites for hydroxylation is 1. The van der Waals surface area contributed by atoms with Gasteiger partial charge in [-0.05, 0) is 13.0 Å². The van der Waals surface area contributed by atoms with Crippen molar-refractivity contribution in [2.45, 2.75) is 19.4 Å². The molecule has 1 aromatic carbocycles. The molecule has 1 unspecified atom stereocenters. The second-order valence-corrected chi connectivity index (χ2v) is 4.15. The summed E-state index contributed by atoms with van der Waals surface area (Å²) in [6.07, 6.45) is 3.48. The Bertz CT molecular complexity index is 508. The van der Waals surface area contributed by atoms with Crippen LogP contribution < -0.4 is 4.74 Å². The van der Waals surface area contributed by atoms with Crippen molar-refractivity contribution in [1.29, 1.82) is 0 Å². The summed E-state index contributed by atoms with van der Waals surface area (Å²) in [5.41, 5.74) is 0.808. The molecule has 0 saturated heterocycles. The summed E-state index contributed by atoms with van der Waals surface area (Å²) in [7, 11) is 1.92. The smallest absolute Gasteiger partial charge is 0.125 e. The first-order valence-corrected chi connectivity index (χ1v) is 6.08. The van der Waals surface area contributed by atoms with Gasteiger partial charge in [0.05, 0.1) is 12.7 Å². The van der Waals surface area contributed by atoms with Crippen LogP contribution in [0.5, 0.6) is 5.75 Å². The summed E-state index contributed by atoms with van der Waals surface area (Å²) in [4.78, 5) is 4.22. The molecule has 0 bridgehead atoms. The van der Waals surface area contributed by atoms with Crippen LogP contribution in [0.4, 0.5) is 0 Å². The molecule has 1 heterocycles. The lowest BCUT2D eigenvalue weighted by Crippen LogP contribution is -2.08. The summed E-state index contributed by atoms with van der Waals surface area (Å²) >= 11 is 0. The molecule has 18 heavy (non-hydrogen) atoms. The van der Waals surface area contributed by atoms with Gasteiger partial charge in [0.1, 0.15) is 11.6 Å². The zero-order valence-electron chi connectivity index (χ0n) is 10.7. The maximum atomic E-state index is 10.3. The van der Waals surface area contributed by atoms with Gasteiger partial charge in [0.25, 0.3) is 0 Å². The number of nitrogens with zero attached hydrogens (tertiary/aromatic N) is 2. The maximum absolute atomic E-state index is 10.3. The molecule has 0 aliphatic heterocycles. The normalized spacial score (nSPS) is 12.4. The number of imidazole rings is 1. The summed E-state index contributed by atoms with van der Waals surface area (Å²) in [5.74, 6) is 1.59. The molecule has 0 fully saturated rings. The summed E-state index contributed by atoms with van der Waals surface area (Å²) in [6.45, 7) is 2.52. The van der Waals surface area contributed by atoms with E-state index in [2.05, 4.69) is 4.98 Å². The summed E-state index contributed by atoms with van der Waals surface area (Å²) in [6, 6.07) is 7.57. The minimum Gasteiger partial charge on any atom is -0.493 e. The van der Waals surface area contributed by atoms with E-state index >= 15 is 0 Å². The van der Waals surface area contributed by atoms with Gasteiger partial charge in [-0.2, -0.15) is 0 Å². The number of aliphatic hydroxyl groups excluding tert-OH is 1. The fraction of sp³-hybridized carbons (Fsp3) is 0.357. The first kappa shape index (κ1) is 12.6. The zero-order chi connectivity index (χ0) is 13.0. The van der Waals surface area contributed by atoms with Crippen LogP contribution in [0.1, 0.15) is 24.4 Å². The van der Waals surface area contributed by atoms with Crippen LogP contribution >= 0.6 is 0 Å². The average molecular weight is 246 g/mol. The van der Waals surface area contributed by atoms with Gasteiger partial charge in [0.2, 0.25) is 0 Å². The van der Waals surface area contributed by atoms with Gasteiger partial charge >= 0.3 is 0 Å². The van der Waals surface area contributed by atoms with Crippen LogP contribution in [-0.2, 0) is 13.5 Å². The Hall–Kier alpha value is -1.81. The lowest BCUT2D eigenvalue weighted by molar-refractivity contribution is 0.169. The van der Waals surface area contributed by atoms with Gasteiger partial charge in [-0.25, -0.2) is 4.98 Å². The highest BCUT2D eigenvalue weighted by Gasteiger charge is 2.15. The zero-order valence-corrected chi connectivity index (χ0v) is 10.7. The molecule has 0 aliphatic rings. The number of aromatic nitrogens is 2. The highest BCUT2D eigenvalue weighted by atomic mass is 16.5. The number of hydrogen-bond acceptors (Lipinski definition) is 3. The fourth-order valence-electron chi connectivity index (χ4n) is 1.92. The molecule has 0 radical (unpaired) electrons. The number of ether oxygens (including phenoxy) is 1. The minimum absolute atomic E-state index is 0.480. The van der Waals surface area contributed by atoms with Crippen LogP contribution in [0.3, 0.4) is 0 Å². The first-order chi connectivity index (χ1) is 8.72. The molecular weight excluding hydrogens is 228 g/mol. The van der Waals surface area contributed by atoms with E-state index < -0.39 is 6.10 Å². The predicted molar refractivity (Wildman–Crippen MR) is 69.5 cm³/mol. The topological polar surface area (TPSA) is 47.3 Å². The molecule has 2 rings (SSSR count).